The van der Waals surface area contributed by atoms with Gasteiger partial charge in [-0.1, -0.05) is 41.4 Å². The third-order valence-corrected chi connectivity index (χ3v) is 4.73. The Morgan fingerprint density at radius 1 is 1.03 bits per heavy atom. The lowest BCUT2D eigenvalue weighted by atomic mass is 10.2. The fourth-order valence-electron chi connectivity index (χ4n) is 2.47. The summed E-state index contributed by atoms with van der Waals surface area (Å²) in [5.74, 6) is -0.987. The molecular weight excluding hydrogens is 415 g/mol. The highest BCUT2D eigenvalue weighted by Crippen LogP contribution is 2.24. The van der Waals surface area contributed by atoms with Crippen LogP contribution in [-0.4, -0.2) is 22.0 Å². The quantitative estimate of drug-likeness (QED) is 0.571. The second-order valence-corrected chi connectivity index (χ2v) is 6.86. The first-order chi connectivity index (χ1) is 13.9. The zero-order valence-electron chi connectivity index (χ0n) is 15.1. The van der Waals surface area contributed by atoms with Crippen molar-refractivity contribution in [3.63, 3.8) is 0 Å². The number of halogens is 2. The van der Waals surface area contributed by atoms with E-state index in [1.54, 1.807) is 24.3 Å². The first-order valence-electron chi connectivity index (χ1n) is 8.56. The summed E-state index contributed by atoms with van der Waals surface area (Å²) in [6.07, 6.45) is 1.24. The molecule has 0 saturated carbocycles. The molecule has 0 bridgehead atoms. The number of carbonyl (C=O) groups is 2. The maximum Gasteiger partial charge on any atom is 0.337 e. The van der Waals surface area contributed by atoms with Crippen molar-refractivity contribution in [3.8, 4) is 5.75 Å². The van der Waals surface area contributed by atoms with Crippen molar-refractivity contribution in [1.82, 2.24) is 10.3 Å². The van der Waals surface area contributed by atoms with Crippen LogP contribution < -0.4 is 10.1 Å². The van der Waals surface area contributed by atoms with Crippen LogP contribution in [0.25, 0.3) is 0 Å². The summed E-state index contributed by atoms with van der Waals surface area (Å²) in [5, 5.41) is 12.5. The van der Waals surface area contributed by atoms with Gasteiger partial charge in [-0.15, -0.1) is 0 Å². The van der Waals surface area contributed by atoms with Crippen LogP contribution in [0.1, 0.15) is 32.0 Å². The van der Waals surface area contributed by atoms with Gasteiger partial charge in [0.15, 0.2) is 0 Å². The van der Waals surface area contributed by atoms with E-state index in [4.69, 9.17) is 33.0 Å². The molecule has 3 rings (SSSR count). The Morgan fingerprint density at radius 2 is 1.83 bits per heavy atom. The van der Waals surface area contributed by atoms with Crippen molar-refractivity contribution in [2.45, 2.75) is 13.2 Å². The number of pyridine rings is 1. The minimum atomic E-state index is -1.06. The lowest BCUT2D eigenvalue weighted by molar-refractivity contribution is 0.0696. The average molecular weight is 431 g/mol. The SMILES string of the molecule is O=C(O)c1ccc(CNC(=O)c2cc(OCc3ccccc3Cl)ccc2Cl)nc1. The Labute approximate surface area is 177 Å². The van der Waals surface area contributed by atoms with E-state index in [2.05, 4.69) is 10.3 Å². The van der Waals surface area contributed by atoms with Crippen molar-refractivity contribution < 1.29 is 19.4 Å². The lowest BCUT2D eigenvalue weighted by Gasteiger charge is -2.11. The van der Waals surface area contributed by atoms with Gasteiger partial charge in [0.25, 0.3) is 5.91 Å². The van der Waals surface area contributed by atoms with E-state index < -0.39 is 11.9 Å². The number of benzene rings is 2. The Kier molecular flexibility index (Phi) is 6.69. The molecular formula is C21H16Cl2N2O4. The molecule has 1 heterocycles. The molecule has 148 valence electrons. The van der Waals surface area contributed by atoms with Crippen LogP contribution in [0, 0.1) is 0 Å². The standard InChI is InChI=1S/C21H16Cl2N2O4/c22-18-4-2-1-3-14(18)12-29-16-7-8-19(23)17(9-16)20(26)25-11-15-6-5-13(10-24-15)21(27)28/h1-10H,11-12H2,(H,25,26)(H,27,28). The molecule has 29 heavy (non-hydrogen) atoms. The lowest BCUT2D eigenvalue weighted by Crippen LogP contribution is -2.23. The average Bonchev–Trinajstić information content (AvgIpc) is 2.72. The van der Waals surface area contributed by atoms with Crippen molar-refractivity contribution in [2.24, 2.45) is 0 Å². The molecule has 1 amide bonds. The van der Waals surface area contributed by atoms with Crippen LogP contribution in [0.3, 0.4) is 0 Å². The Bertz CT molecular complexity index is 1040. The highest BCUT2D eigenvalue weighted by molar-refractivity contribution is 6.34. The molecule has 0 aliphatic carbocycles. The van der Waals surface area contributed by atoms with Crippen molar-refractivity contribution in [1.29, 1.82) is 0 Å². The Hall–Kier alpha value is -3.09. The van der Waals surface area contributed by atoms with Gasteiger partial charge >= 0.3 is 5.97 Å². The first-order valence-corrected chi connectivity index (χ1v) is 9.32. The summed E-state index contributed by atoms with van der Waals surface area (Å²) in [6, 6.07) is 15.1. The Balaban J connectivity index is 1.64. The maximum atomic E-state index is 12.5. The molecule has 0 atom stereocenters. The third kappa shape index (κ3) is 5.47. The van der Waals surface area contributed by atoms with E-state index in [1.165, 1.54) is 18.3 Å². The molecule has 8 heteroatoms. The molecule has 0 spiro atoms. The number of carboxylic acids is 1. The zero-order valence-corrected chi connectivity index (χ0v) is 16.6. The molecule has 0 saturated heterocycles. The van der Waals surface area contributed by atoms with Gasteiger partial charge in [0, 0.05) is 16.8 Å². The summed E-state index contributed by atoms with van der Waals surface area (Å²) in [5.41, 5.74) is 1.67. The number of nitrogens with one attached hydrogen (secondary N) is 1. The van der Waals surface area contributed by atoms with E-state index in [9.17, 15) is 9.59 Å². The minimum Gasteiger partial charge on any atom is -0.489 e. The van der Waals surface area contributed by atoms with Gasteiger partial charge in [-0.05, 0) is 36.4 Å². The number of aromatic nitrogens is 1. The van der Waals surface area contributed by atoms with Crippen LogP contribution in [0.5, 0.6) is 5.75 Å². The molecule has 6 nitrogen and oxygen atoms in total. The molecule has 0 unspecified atom stereocenters. The molecule has 1 aromatic heterocycles. The van der Waals surface area contributed by atoms with E-state index in [1.807, 2.05) is 18.2 Å². The topological polar surface area (TPSA) is 88.5 Å². The fourth-order valence-corrected chi connectivity index (χ4v) is 2.86. The zero-order chi connectivity index (χ0) is 20.8. The molecule has 3 aromatic rings. The van der Waals surface area contributed by atoms with Crippen LogP contribution in [-0.2, 0) is 13.2 Å². The van der Waals surface area contributed by atoms with Gasteiger partial charge < -0.3 is 15.2 Å². The molecule has 2 aromatic carbocycles. The summed E-state index contributed by atoms with van der Waals surface area (Å²) < 4.78 is 5.73. The number of carbonyl (C=O) groups excluding carboxylic acids is 1. The third-order valence-electron chi connectivity index (χ3n) is 4.04. The van der Waals surface area contributed by atoms with E-state index >= 15 is 0 Å². The number of hydrogen-bond acceptors (Lipinski definition) is 4. The smallest absolute Gasteiger partial charge is 0.337 e. The van der Waals surface area contributed by atoms with Crippen molar-refractivity contribution in [3.05, 3.63) is 93.2 Å². The minimum absolute atomic E-state index is 0.0755. The second kappa shape index (κ2) is 9.41. The molecule has 0 fully saturated rings. The summed E-state index contributed by atoms with van der Waals surface area (Å²) >= 11 is 12.3. The molecule has 0 aliphatic heterocycles. The van der Waals surface area contributed by atoms with Crippen LogP contribution in [0.15, 0.2) is 60.8 Å². The van der Waals surface area contributed by atoms with E-state index in [0.29, 0.717) is 16.5 Å². The molecule has 0 radical (unpaired) electrons. The van der Waals surface area contributed by atoms with E-state index in [0.717, 1.165) is 5.56 Å². The van der Waals surface area contributed by atoms with Gasteiger partial charge in [-0.2, -0.15) is 0 Å². The van der Waals surface area contributed by atoms with Gasteiger partial charge in [0.05, 0.1) is 28.4 Å². The number of ether oxygens (including phenoxy) is 1. The number of nitrogens with zero attached hydrogens (tertiary/aromatic N) is 1. The van der Waals surface area contributed by atoms with Crippen LogP contribution in [0.2, 0.25) is 10.0 Å². The van der Waals surface area contributed by atoms with Gasteiger partial charge in [-0.3, -0.25) is 9.78 Å². The number of aromatic carboxylic acids is 1. The summed E-state index contributed by atoms with van der Waals surface area (Å²) in [4.78, 5) is 27.4. The van der Waals surface area contributed by atoms with Gasteiger partial charge in [0.2, 0.25) is 0 Å². The molecule has 2 N–H and O–H groups in total. The number of hydrogen-bond donors (Lipinski definition) is 2. The maximum absolute atomic E-state index is 12.5. The predicted octanol–water partition coefficient (Wildman–Crippen LogP) is 4.60. The van der Waals surface area contributed by atoms with Crippen molar-refractivity contribution in [2.75, 3.05) is 0 Å². The fraction of sp³-hybridized carbons (Fsp3) is 0.0952. The van der Waals surface area contributed by atoms with Crippen LogP contribution >= 0.6 is 23.2 Å². The van der Waals surface area contributed by atoms with Gasteiger partial charge in [-0.25, -0.2) is 4.79 Å². The number of rotatable bonds is 7. The Morgan fingerprint density at radius 3 is 2.52 bits per heavy atom. The number of carboxylic acid groups (broad SMARTS) is 1. The first kappa shape index (κ1) is 20.6. The summed E-state index contributed by atoms with van der Waals surface area (Å²) in [7, 11) is 0. The highest BCUT2D eigenvalue weighted by Gasteiger charge is 2.13. The highest BCUT2D eigenvalue weighted by atomic mass is 35.5. The predicted molar refractivity (Wildman–Crippen MR) is 110 cm³/mol. The van der Waals surface area contributed by atoms with Crippen molar-refractivity contribution >= 4 is 35.1 Å². The van der Waals surface area contributed by atoms with Gasteiger partial charge in [0.1, 0.15) is 12.4 Å². The largest absolute Gasteiger partial charge is 0.489 e. The van der Waals surface area contributed by atoms with E-state index in [-0.39, 0.29) is 29.3 Å². The summed E-state index contributed by atoms with van der Waals surface area (Å²) in [6.45, 7) is 0.377. The second-order valence-electron chi connectivity index (χ2n) is 6.05. The monoisotopic (exact) mass is 430 g/mol. The molecule has 0 aliphatic rings. The number of amides is 1. The van der Waals surface area contributed by atoms with Crippen LogP contribution in [0.4, 0.5) is 0 Å². The normalized spacial score (nSPS) is 10.4.